The van der Waals surface area contributed by atoms with E-state index in [1.54, 1.807) is 31.5 Å². The molecule has 33 heavy (non-hydrogen) atoms. The maximum Gasteiger partial charge on any atom is 0.207 e. The van der Waals surface area contributed by atoms with Gasteiger partial charge in [-0.1, -0.05) is 25.3 Å². The lowest BCUT2D eigenvalue weighted by atomic mass is 9.95. The van der Waals surface area contributed by atoms with Crippen LogP contribution in [0.2, 0.25) is 0 Å². The highest BCUT2D eigenvalue weighted by Gasteiger charge is 2.23. The first-order chi connectivity index (χ1) is 16.2. The molecule has 4 aromatic rings. The van der Waals surface area contributed by atoms with Gasteiger partial charge >= 0.3 is 0 Å². The van der Waals surface area contributed by atoms with Crippen molar-refractivity contribution in [1.82, 2.24) is 14.8 Å². The van der Waals surface area contributed by atoms with Crippen LogP contribution in [-0.4, -0.2) is 29.0 Å². The van der Waals surface area contributed by atoms with Crippen LogP contribution >= 0.6 is 0 Å². The third kappa shape index (κ3) is 3.99. The van der Waals surface area contributed by atoms with Gasteiger partial charge in [0.2, 0.25) is 5.82 Å². The highest BCUT2D eigenvalue weighted by atomic mass is 19.1. The SMILES string of the molecule is COc1cccc(Oc2ccc(-c3nn(C4CCCCC4)c4c(OC)cncc34)cc2)c1F. The zero-order valence-electron chi connectivity index (χ0n) is 18.8. The summed E-state index contributed by atoms with van der Waals surface area (Å²) in [6, 6.07) is 12.7. The number of rotatable bonds is 6. The molecular weight excluding hydrogens is 421 g/mol. The molecule has 0 radical (unpaired) electrons. The molecule has 1 saturated carbocycles. The molecule has 0 N–H and O–H groups in total. The van der Waals surface area contributed by atoms with Crippen molar-refractivity contribution < 1.29 is 18.6 Å². The number of pyridine rings is 1. The number of aromatic nitrogens is 3. The minimum Gasteiger partial charge on any atom is -0.494 e. The summed E-state index contributed by atoms with van der Waals surface area (Å²) in [5, 5.41) is 5.97. The van der Waals surface area contributed by atoms with Crippen molar-refractivity contribution in [2.24, 2.45) is 0 Å². The van der Waals surface area contributed by atoms with E-state index in [0.29, 0.717) is 11.8 Å². The van der Waals surface area contributed by atoms with E-state index < -0.39 is 5.82 Å². The molecule has 2 aromatic heterocycles. The number of benzene rings is 2. The van der Waals surface area contributed by atoms with E-state index in [1.165, 1.54) is 26.4 Å². The standard InChI is InChI=1S/C26H26FN3O3/c1-31-21-9-6-10-22(24(21)27)33-19-13-11-17(12-14-19)25-20-15-28-16-23(32-2)26(20)30(29-25)18-7-4-3-5-8-18/h6,9-16,18H,3-5,7-8H2,1-2H3. The van der Waals surface area contributed by atoms with E-state index in [1.807, 2.05) is 30.5 Å². The van der Waals surface area contributed by atoms with Crippen molar-refractivity contribution in [2.45, 2.75) is 38.1 Å². The van der Waals surface area contributed by atoms with Crippen LogP contribution in [0.1, 0.15) is 38.1 Å². The molecule has 1 aliphatic carbocycles. The molecule has 0 bridgehead atoms. The Kier molecular flexibility index (Phi) is 5.86. The molecule has 0 unspecified atom stereocenters. The van der Waals surface area contributed by atoms with E-state index in [0.717, 1.165) is 40.8 Å². The van der Waals surface area contributed by atoms with E-state index in [4.69, 9.17) is 19.3 Å². The van der Waals surface area contributed by atoms with Crippen LogP contribution in [0.4, 0.5) is 4.39 Å². The number of ether oxygens (including phenoxy) is 3. The van der Waals surface area contributed by atoms with Crippen LogP contribution in [0.15, 0.2) is 54.9 Å². The molecule has 5 rings (SSSR count). The lowest BCUT2D eigenvalue weighted by Crippen LogP contribution is -2.14. The summed E-state index contributed by atoms with van der Waals surface area (Å²) in [4.78, 5) is 4.37. The Hall–Kier alpha value is -3.61. The van der Waals surface area contributed by atoms with Crippen LogP contribution in [0.3, 0.4) is 0 Å². The average Bonchev–Trinajstić information content (AvgIpc) is 3.26. The molecular formula is C26H26FN3O3. The van der Waals surface area contributed by atoms with Crippen LogP contribution < -0.4 is 14.2 Å². The smallest absolute Gasteiger partial charge is 0.207 e. The van der Waals surface area contributed by atoms with Crippen molar-refractivity contribution in [3.05, 3.63) is 60.7 Å². The van der Waals surface area contributed by atoms with E-state index >= 15 is 0 Å². The molecule has 7 heteroatoms. The van der Waals surface area contributed by atoms with Crippen molar-refractivity contribution in [3.8, 4) is 34.3 Å². The molecule has 0 spiro atoms. The largest absolute Gasteiger partial charge is 0.494 e. The minimum absolute atomic E-state index is 0.114. The van der Waals surface area contributed by atoms with Crippen LogP contribution in [0.25, 0.3) is 22.2 Å². The second-order valence-electron chi connectivity index (χ2n) is 8.22. The molecule has 6 nitrogen and oxygen atoms in total. The van der Waals surface area contributed by atoms with Gasteiger partial charge in [0, 0.05) is 11.8 Å². The van der Waals surface area contributed by atoms with Gasteiger partial charge in [-0.2, -0.15) is 9.49 Å². The third-order valence-corrected chi connectivity index (χ3v) is 6.22. The van der Waals surface area contributed by atoms with Crippen molar-refractivity contribution in [1.29, 1.82) is 0 Å². The summed E-state index contributed by atoms with van der Waals surface area (Å²) in [5.41, 5.74) is 2.76. The number of nitrogens with zero attached hydrogens (tertiary/aromatic N) is 3. The number of hydrogen-bond donors (Lipinski definition) is 0. The Morgan fingerprint density at radius 3 is 2.33 bits per heavy atom. The van der Waals surface area contributed by atoms with Gasteiger partial charge in [-0.25, -0.2) is 0 Å². The number of methoxy groups -OCH3 is 2. The lowest BCUT2D eigenvalue weighted by molar-refractivity contribution is 0.333. The predicted octanol–water partition coefficient (Wildman–Crippen LogP) is 6.55. The molecule has 0 saturated heterocycles. The molecule has 170 valence electrons. The molecule has 2 heterocycles. The van der Waals surface area contributed by atoms with E-state index in [9.17, 15) is 4.39 Å². The Labute approximate surface area is 191 Å². The molecule has 0 amide bonds. The molecule has 1 fully saturated rings. The zero-order valence-corrected chi connectivity index (χ0v) is 18.8. The monoisotopic (exact) mass is 447 g/mol. The van der Waals surface area contributed by atoms with E-state index in [-0.39, 0.29) is 11.5 Å². The number of hydrogen-bond acceptors (Lipinski definition) is 5. The van der Waals surface area contributed by atoms with Gasteiger partial charge < -0.3 is 14.2 Å². The van der Waals surface area contributed by atoms with Gasteiger partial charge in [0.1, 0.15) is 17.0 Å². The highest BCUT2D eigenvalue weighted by molar-refractivity contribution is 5.96. The maximum absolute atomic E-state index is 14.4. The van der Waals surface area contributed by atoms with E-state index in [2.05, 4.69) is 9.67 Å². The summed E-state index contributed by atoms with van der Waals surface area (Å²) >= 11 is 0. The normalized spacial score (nSPS) is 14.4. The lowest BCUT2D eigenvalue weighted by Gasteiger charge is -2.23. The topological polar surface area (TPSA) is 58.4 Å². The van der Waals surface area contributed by atoms with Gasteiger partial charge in [0.15, 0.2) is 17.2 Å². The van der Waals surface area contributed by atoms with Crippen LogP contribution in [0.5, 0.6) is 23.0 Å². The Morgan fingerprint density at radius 1 is 0.879 bits per heavy atom. The predicted molar refractivity (Wildman–Crippen MR) is 125 cm³/mol. The summed E-state index contributed by atoms with van der Waals surface area (Å²) < 4.78 is 33.0. The van der Waals surface area contributed by atoms with Gasteiger partial charge in [0.25, 0.3) is 0 Å². The Morgan fingerprint density at radius 2 is 1.61 bits per heavy atom. The van der Waals surface area contributed by atoms with Gasteiger partial charge in [-0.3, -0.25) is 9.67 Å². The fourth-order valence-corrected chi connectivity index (χ4v) is 4.54. The summed E-state index contributed by atoms with van der Waals surface area (Å²) in [6.45, 7) is 0. The van der Waals surface area contributed by atoms with Gasteiger partial charge in [-0.05, 0) is 49.2 Å². The van der Waals surface area contributed by atoms with Crippen LogP contribution in [-0.2, 0) is 0 Å². The number of halogens is 1. The maximum atomic E-state index is 14.4. The van der Waals surface area contributed by atoms with Crippen LogP contribution in [0, 0.1) is 5.82 Å². The Balaban J connectivity index is 1.51. The first-order valence-electron chi connectivity index (χ1n) is 11.2. The molecule has 1 aliphatic rings. The average molecular weight is 448 g/mol. The Bertz CT molecular complexity index is 1260. The van der Waals surface area contributed by atoms with Crippen molar-refractivity contribution in [3.63, 3.8) is 0 Å². The van der Waals surface area contributed by atoms with Gasteiger partial charge in [0.05, 0.1) is 31.8 Å². The van der Waals surface area contributed by atoms with Gasteiger partial charge in [-0.15, -0.1) is 0 Å². The minimum atomic E-state index is -0.528. The third-order valence-electron chi connectivity index (χ3n) is 6.22. The molecule has 0 aliphatic heterocycles. The second kappa shape index (κ2) is 9.10. The fraction of sp³-hybridized carbons (Fsp3) is 0.308. The summed E-state index contributed by atoms with van der Waals surface area (Å²) in [5.74, 6) is 0.982. The highest BCUT2D eigenvalue weighted by Crippen LogP contribution is 2.39. The fourth-order valence-electron chi connectivity index (χ4n) is 4.54. The quantitative estimate of drug-likeness (QED) is 0.335. The second-order valence-corrected chi connectivity index (χ2v) is 8.22. The summed E-state index contributed by atoms with van der Waals surface area (Å²) in [7, 11) is 3.09. The molecule has 2 aromatic carbocycles. The number of fused-ring (bicyclic) bond motifs is 1. The first kappa shape index (κ1) is 21.2. The zero-order chi connectivity index (χ0) is 22.8. The summed E-state index contributed by atoms with van der Waals surface area (Å²) in [6.07, 6.45) is 9.50. The first-order valence-corrected chi connectivity index (χ1v) is 11.2. The molecule has 0 atom stereocenters. The van der Waals surface area contributed by atoms with Crippen molar-refractivity contribution in [2.75, 3.05) is 14.2 Å². The van der Waals surface area contributed by atoms with Crippen molar-refractivity contribution >= 4 is 10.9 Å².